The van der Waals surface area contributed by atoms with E-state index in [4.69, 9.17) is 0 Å². The van der Waals surface area contributed by atoms with Gasteiger partial charge >= 0.3 is 32.7 Å². The Morgan fingerprint density at radius 3 is 0.769 bits per heavy atom. The Balaban J connectivity index is -0.0000000122. The van der Waals surface area contributed by atoms with Crippen molar-refractivity contribution in [2.24, 2.45) is 0 Å². The van der Waals surface area contributed by atoms with Crippen LogP contribution < -0.4 is 0 Å². The molecule has 0 nitrogen and oxygen atoms in total. The van der Waals surface area contributed by atoms with Crippen molar-refractivity contribution in [3.05, 3.63) is 20.8 Å². The predicted octanol–water partition coefficient (Wildman–Crippen LogP) is 4.91. The van der Waals surface area contributed by atoms with Crippen molar-refractivity contribution in [1.29, 1.82) is 0 Å². The standard InChI is InChI=1S/C4H10.3C2H5.CH3F.Y/c1-3-4-2;4*1-2;/h3-4H2,1-2H3;3*1H2,2H3;1H3;/q;3*-1;;+3. The van der Waals surface area contributed by atoms with Crippen molar-refractivity contribution in [2.75, 3.05) is 7.18 Å². The van der Waals surface area contributed by atoms with Gasteiger partial charge in [0.15, 0.2) is 0 Å². The molecule has 0 fully saturated rings. The molecular weight excluding hydrogens is 240 g/mol. The quantitative estimate of drug-likeness (QED) is 0.593. The van der Waals surface area contributed by atoms with Crippen LogP contribution in [0.1, 0.15) is 47.5 Å². The maximum Gasteiger partial charge on any atom is 3.00 e. The van der Waals surface area contributed by atoms with Gasteiger partial charge in [0.05, 0.1) is 7.18 Å². The third-order valence-corrected chi connectivity index (χ3v) is 0.500. The number of hydrogen-bond acceptors (Lipinski definition) is 0. The second kappa shape index (κ2) is 205. The summed E-state index contributed by atoms with van der Waals surface area (Å²) >= 11 is 0. The van der Waals surface area contributed by atoms with Gasteiger partial charge in [0.1, 0.15) is 0 Å². The van der Waals surface area contributed by atoms with Gasteiger partial charge in [-0.05, 0) is 0 Å². The summed E-state index contributed by atoms with van der Waals surface area (Å²) in [6.07, 6.45) is 2.64. The summed E-state index contributed by atoms with van der Waals surface area (Å²) in [6.45, 7) is 19.4. The molecule has 0 N–H and O–H groups in total. The summed E-state index contributed by atoms with van der Waals surface area (Å²) in [6, 6.07) is 0. The molecule has 0 rings (SSSR count). The molecule has 0 aromatic heterocycles. The van der Waals surface area contributed by atoms with Crippen LogP contribution in [-0.2, 0) is 32.7 Å². The van der Waals surface area contributed by atoms with Gasteiger partial charge in [-0.25, -0.2) is 0 Å². The maximum absolute atomic E-state index is 9.50. The normalized spacial score (nSPS) is 4.15. The number of hydrogen-bond donors (Lipinski definition) is 0. The topological polar surface area (TPSA) is 0 Å². The summed E-state index contributed by atoms with van der Waals surface area (Å²) in [4.78, 5) is 0. The van der Waals surface area contributed by atoms with E-state index in [1.54, 1.807) is 20.8 Å². The molecule has 0 aliphatic heterocycles. The molecule has 0 aliphatic carbocycles. The van der Waals surface area contributed by atoms with Crippen molar-refractivity contribution >= 4 is 0 Å². The SMILES string of the molecule is CCCC.CF.[CH2-]C.[CH2-]C.[CH2-]C.[Y+3]. The first kappa shape index (κ1) is 36.9. The second-order valence-electron chi connectivity index (χ2n) is 1.000. The molecule has 0 amide bonds. The van der Waals surface area contributed by atoms with Crippen LogP contribution in [-0.4, -0.2) is 7.18 Å². The van der Waals surface area contributed by atoms with E-state index < -0.39 is 0 Å². The number of alkyl halides is 1. The van der Waals surface area contributed by atoms with Gasteiger partial charge in [0, 0.05) is 0 Å². The Hall–Kier alpha value is 1.03. The summed E-state index contributed by atoms with van der Waals surface area (Å²) in [5.41, 5.74) is 0. The van der Waals surface area contributed by atoms with Gasteiger partial charge < -0.3 is 20.8 Å². The molecule has 0 aliphatic rings. The number of unbranched alkanes of at least 4 members (excludes halogenated alkanes) is 1. The van der Waals surface area contributed by atoms with Crippen molar-refractivity contribution < 1.29 is 37.1 Å². The van der Waals surface area contributed by atoms with Crippen LogP contribution in [0.25, 0.3) is 0 Å². The van der Waals surface area contributed by atoms with E-state index in [-0.39, 0.29) is 32.7 Å². The molecule has 0 aromatic carbocycles. The van der Waals surface area contributed by atoms with Crippen LogP contribution in [0.15, 0.2) is 0 Å². The minimum atomic E-state index is 0. The summed E-state index contributed by atoms with van der Waals surface area (Å²) in [5.74, 6) is 0. The Bertz CT molecular complexity index is 12.1. The molecule has 13 heavy (non-hydrogen) atoms. The van der Waals surface area contributed by atoms with Crippen molar-refractivity contribution in [2.45, 2.75) is 47.5 Å². The van der Waals surface area contributed by atoms with E-state index in [0.717, 1.165) is 0 Å². The zero-order chi connectivity index (χ0) is 11.4. The van der Waals surface area contributed by atoms with Gasteiger partial charge in [0.2, 0.25) is 0 Å². The van der Waals surface area contributed by atoms with Crippen LogP contribution in [0.5, 0.6) is 0 Å². The zero-order valence-corrected chi connectivity index (χ0v) is 13.3. The molecule has 0 bridgehead atoms. The molecule has 0 saturated heterocycles. The molecule has 0 spiro atoms. The van der Waals surface area contributed by atoms with Gasteiger partial charge in [-0.15, -0.1) is 0 Å². The van der Waals surface area contributed by atoms with Crippen molar-refractivity contribution in [3.63, 3.8) is 0 Å². The van der Waals surface area contributed by atoms with Gasteiger partial charge in [-0.1, -0.05) is 26.7 Å². The van der Waals surface area contributed by atoms with E-state index in [0.29, 0.717) is 7.18 Å². The van der Waals surface area contributed by atoms with Crippen molar-refractivity contribution in [3.8, 4) is 0 Å². The third kappa shape index (κ3) is 384. The molecule has 2 heteroatoms. The Kier molecular flexibility index (Phi) is 583. The zero-order valence-electron chi connectivity index (χ0n) is 10.5. The number of halogens is 1. The monoisotopic (exact) mass is 268 g/mol. The van der Waals surface area contributed by atoms with Crippen LogP contribution in [0.2, 0.25) is 0 Å². The molecule has 82 valence electrons. The minimum Gasteiger partial charge on any atom is -0.346 e. The average Bonchev–Trinajstić information content (AvgIpc) is 2.29. The molecule has 0 heterocycles. The van der Waals surface area contributed by atoms with E-state index in [2.05, 4.69) is 34.6 Å². The first-order valence-electron chi connectivity index (χ1n) is 4.41. The third-order valence-electron chi connectivity index (χ3n) is 0.500. The Labute approximate surface area is 112 Å². The van der Waals surface area contributed by atoms with E-state index in [1.165, 1.54) is 12.8 Å². The summed E-state index contributed by atoms with van der Waals surface area (Å²) in [5, 5.41) is 0. The maximum atomic E-state index is 9.50. The van der Waals surface area contributed by atoms with Crippen LogP contribution >= 0.6 is 0 Å². The summed E-state index contributed by atoms with van der Waals surface area (Å²) < 4.78 is 9.50. The Morgan fingerprint density at radius 2 is 0.769 bits per heavy atom. The van der Waals surface area contributed by atoms with Gasteiger partial charge in [0.25, 0.3) is 0 Å². The smallest absolute Gasteiger partial charge is 0.346 e. The first-order valence-corrected chi connectivity index (χ1v) is 4.41. The largest absolute Gasteiger partial charge is 3.00 e. The fourth-order valence-electron chi connectivity index (χ4n) is 0. The van der Waals surface area contributed by atoms with Gasteiger partial charge in [-0.3, -0.25) is 4.39 Å². The molecule has 0 radical (unpaired) electrons. The van der Waals surface area contributed by atoms with Crippen molar-refractivity contribution in [1.82, 2.24) is 0 Å². The average molecular weight is 268 g/mol. The minimum absolute atomic E-state index is 0. The second-order valence-corrected chi connectivity index (χ2v) is 1.000. The van der Waals surface area contributed by atoms with E-state index >= 15 is 0 Å². The molecule has 0 unspecified atom stereocenters. The Morgan fingerprint density at radius 1 is 0.692 bits per heavy atom. The van der Waals surface area contributed by atoms with Crippen LogP contribution in [0.4, 0.5) is 4.39 Å². The van der Waals surface area contributed by atoms with E-state index in [1.807, 2.05) is 0 Å². The summed E-state index contributed by atoms with van der Waals surface area (Å²) in [7, 11) is 0.500. The van der Waals surface area contributed by atoms with Crippen LogP contribution in [0, 0.1) is 20.8 Å². The fourth-order valence-corrected chi connectivity index (χ4v) is 0. The van der Waals surface area contributed by atoms with E-state index in [9.17, 15) is 4.39 Å². The van der Waals surface area contributed by atoms with Crippen LogP contribution in [0.3, 0.4) is 0 Å². The van der Waals surface area contributed by atoms with Gasteiger partial charge in [-0.2, -0.15) is 20.8 Å². The first-order chi connectivity index (χ1) is 5.91. The number of rotatable bonds is 1. The molecule has 0 saturated carbocycles. The molecular formula is C11H28FY. The molecule has 0 aromatic rings. The predicted molar refractivity (Wildman–Crippen MR) is 60.7 cm³/mol. The molecule has 0 atom stereocenters. The fraction of sp³-hybridized carbons (Fsp3) is 0.727.